The molecule has 0 spiro atoms. The number of nitrogens with one attached hydrogen (secondary N) is 1. The van der Waals surface area contributed by atoms with Gasteiger partial charge in [-0.05, 0) is 61.7 Å². The molecule has 3 rings (SSSR count). The molecule has 2 heteroatoms. The minimum absolute atomic E-state index is 0.656. The summed E-state index contributed by atoms with van der Waals surface area (Å²) in [5, 5.41) is 6.86. The van der Waals surface area contributed by atoms with Crippen LogP contribution in [0.3, 0.4) is 0 Å². The van der Waals surface area contributed by atoms with Gasteiger partial charge in [-0.2, -0.15) is 0 Å². The van der Waals surface area contributed by atoms with Gasteiger partial charge < -0.3 is 5.32 Å². The molecule has 3 aliphatic rings. The van der Waals surface area contributed by atoms with E-state index in [1.807, 2.05) is 11.8 Å². The highest BCUT2D eigenvalue weighted by molar-refractivity contribution is 8.03. The summed E-state index contributed by atoms with van der Waals surface area (Å²) in [5.41, 5.74) is 4.03. The first-order valence-corrected chi connectivity index (χ1v) is 8.87. The molecule has 1 N–H and O–H groups in total. The van der Waals surface area contributed by atoms with E-state index in [9.17, 15) is 0 Å². The van der Waals surface area contributed by atoms with E-state index in [1.165, 1.54) is 44.9 Å². The fraction of sp³-hybridized carbons (Fsp3) is 0.765. The number of thioether (sulfide) groups is 1. The number of hydrogen-bond acceptors (Lipinski definition) is 2. The van der Waals surface area contributed by atoms with Crippen LogP contribution in [0.4, 0.5) is 0 Å². The normalized spacial score (nSPS) is 32.7. The fourth-order valence-corrected chi connectivity index (χ4v) is 4.27. The van der Waals surface area contributed by atoms with Crippen LogP contribution in [0.2, 0.25) is 0 Å². The predicted molar refractivity (Wildman–Crippen MR) is 85.1 cm³/mol. The van der Waals surface area contributed by atoms with E-state index < -0.39 is 0 Å². The van der Waals surface area contributed by atoms with Crippen LogP contribution in [-0.4, -0.2) is 11.8 Å². The van der Waals surface area contributed by atoms with Crippen LogP contribution in [0.15, 0.2) is 22.8 Å². The highest BCUT2D eigenvalue weighted by Crippen LogP contribution is 2.51. The van der Waals surface area contributed by atoms with Crippen molar-refractivity contribution in [3.8, 4) is 0 Å². The maximum absolute atomic E-state index is 3.83. The van der Waals surface area contributed by atoms with Gasteiger partial charge in [0, 0.05) is 17.5 Å². The van der Waals surface area contributed by atoms with Gasteiger partial charge >= 0.3 is 0 Å². The second-order valence-electron chi connectivity index (χ2n) is 7.04. The fourth-order valence-electron chi connectivity index (χ4n) is 3.42. The van der Waals surface area contributed by atoms with Crippen LogP contribution in [0.5, 0.6) is 0 Å². The van der Waals surface area contributed by atoms with Crippen molar-refractivity contribution in [3.63, 3.8) is 0 Å². The van der Waals surface area contributed by atoms with Crippen molar-refractivity contribution >= 4 is 11.8 Å². The lowest BCUT2D eigenvalue weighted by Gasteiger charge is -2.29. The molecule has 106 valence electrons. The monoisotopic (exact) mass is 277 g/mol. The molecule has 1 saturated carbocycles. The molecule has 0 amide bonds. The summed E-state index contributed by atoms with van der Waals surface area (Å²) in [6.45, 7) is 6.03. The van der Waals surface area contributed by atoms with E-state index in [0.717, 1.165) is 17.7 Å². The van der Waals surface area contributed by atoms with E-state index in [0.29, 0.717) is 5.41 Å². The molecule has 0 aromatic rings. The molecular weight excluding hydrogens is 250 g/mol. The lowest BCUT2D eigenvalue weighted by molar-refractivity contribution is 0.455. The topological polar surface area (TPSA) is 12.0 Å². The summed E-state index contributed by atoms with van der Waals surface area (Å²) in [4.78, 5) is 0. The van der Waals surface area contributed by atoms with Crippen LogP contribution in [0.25, 0.3) is 0 Å². The minimum Gasteiger partial charge on any atom is -0.387 e. The average Bonchev–Trinajstić information content (AvgIpc) is 2.91. The maximum Gasteiger partial charge on any atom is 0.0296 e. The Morgan fingerprint density at radius 1 is 1.42 bits per heavy atom. The number of hydrogen-bond donors (Lipinski definition) is 1. The zero-order chi connectivity index (χ0) is 13.3. The summed E-state index contributed by atoms with van der Waals surface area (Å²) < 4.78 is 0. The summed E-state index contributed by atoms with van der Waals surface area (Å²) >= 11 is 1.99. The minimum atomic E-state index is 0.656. The van der Waals surface area contributed by atoms with Gasteiger partial charge in [0.25, 0.3) is 0 Å². The smallest absolute Gasteiger partial charge is 0.0296 e. The van der Waals surface area contributed by atoms with E-state index in [-0.39, 0.29) is 0 Å². The van der Waals surface area contributed by atoms with Crippen molar-refractivity contribution in [3.05, 3.63) is 22.8 Å². The molecule has 1 fully saturated rings. The largest absolute Gasteiger partial charge is 0.387 e. The zero-order valence-corrected chi connectivity index (χ0v) is 13.2. The van der Waals surface area contributed by atoms with Gasteiger partial charge in [-0.15, -0.1) is 11.8 Å². The molecule has 1 nitrogen and oxygen atoms in total. The summed E-state index contributed by atoms with van der Waals surface area (Å²) in [7, 11) is 0. The Morgan fingerprint density at radius 3 is 2.95 bits per heavy atom. The van der Waals surface area contributed by atoms with Crippen LogP contribution < -0.4 is 5.32 Å². The Balaban J connectivity index is 1.64. The highest BCUT2D eigenvalue weighted by Gasteiger charge is 2.38. The maximum atomic E-state index is 3.83. The van der Waals surface area contributed by atoms with E-state index in [2.05, 4.69) is 30.6 Å². The Hall–Kier alpha value is -0.370. The first kappa shape index (κ1) is 13.6. The van der Waals surface area contributed by atoms with Gasteiger partial charge in [-0.3, -0.25) is 0 Å². The average molecular weight is 277 g/mol. The molecule has 0 aromatic heterocycles. The molecule has 1 heterocycles. The Bertz CT molecular complexity index is 384. The third kappa shape index (κ3) is 3.39. The Kier molecular flexibility index (Phi) is 3.98. The molecule has 0 saturated heterocycles. The van der Waals surface area contributed by atoms with Crippen LogP contribution in [0.1, 0.15) is 58.8 Å². The van der Waals surface area contributed by atoms with Crippen LogP contribution in [0, 0.1) is 11.3 Å². The molecule has 0 aromatic carbocycles. The molecule has 0 bridgehead atoms. The van der Waals surface area contributed by atoms with Gasteiger partial charge in [0.2, 0.25) is 0 Å². The van der Waals surface area contributed by atoms with Gasteiger partial charge in [0.1, 0.15) is 0 Å². The second-order valence-corrected chi connectivity index (χ2v) is 8.26. The van der Waals surface area contributed by atoms with Crippen molar-refractivity contribution in [2.24, 2.45) is 11.3 Å². The number of rotatable bonds is 5. The van der Waals surface area contributed by atoms with E-state index >= 15 is 0 Å². The molecule has 19 heavy (non-hydrogen) atoms. The summed E-state index contributed by atoms with van der Waals surface area (Å²) in [6.07, 6.45) is 11.9. The third-order valence-corrected chi connectivity index (χ3v) is 6.11. The van der Waals surface area contributed by atoms with Gasteiger partial charge in [0.15, 0.2) is 0 Å². The highest BCUT2D eigenvalue weighted by atomic mass is 32.2. The number of allylic oxidation sites excluding steroid dienone is 3. The van der Waals surface area contributed by atoms with Gasteiger partial charge in [-0.25, -0.2) is 0 Å². The van der Waals surface area contributed by atoms with Gasteiger partial charge in [-0.1, -0.05) is 25.5 Å². The van der Waals surface area contributed by atoms with Crippen molar-refractivity contribution < 1.29 is 0 Å². The quantitative estimate of drug-likeness (QED) is 0.770. The van der Waals surface area contributed by atoms with E-state index in [1.54, 1.807) is 11.3 Å². The van der Waals surface area contributed by atoms with E-state index in [4.69, 9.17) is 0 Å². The summed E-state index contributed by atoms with van der Waals surface area (Å²) in [5.74, 6) is 0.755. The molecule has 1 aliphatic heterocycles. The first-order valence-electron chi connectivity index (χ1n) is 7.93. The summed E-state index contributed by atoms with van der Waals surface area (Å²) in [6, 6.07) is 0. The Morgan fingerprint density at radius 2 is 2.26 bits per heavy atom. The lowest BCUT2D eigenvalue weighted by atomic mass is 9.83. The zero-order valence-electron chi connectivity index (χ0n) is 12.4. The standard InChI is InChI=1S/C17H27NS/c1-13-5-3-6-14(11-17(2)8-9-17)16(13)18-12-15-7-4-10-19-15/h4,10,13,15,18H,3,5-9,11-12H2,1-2H3. The van der Waals surface area contributed by atoms with Gasteiger partial charge in [0.05, 0.1) is 0 Å². The molecule has 2 atom stereocenters. The first-order chi connectivity index (χ1) is 9.16. The second kappa shape index (κ2) is 5.55. The van der Waals surface area contributed by atoms with Crippen molar-refractivity contribution in [2.45, 2.75) is 64.0 Å². The molecule has 2 unspecified atom stereocenters. The Labute approximate surface area is 122 Å². The lowest BCUT2D eigenvalue weighted by Crippen LogP contribution is -2.29. The van der Waals surface area contributed by atoms with Crippen molar-refractivity contribution in [2.75, 3.05) is 6.54 Å². The molecule has 2 aliphatic carbocycles. The van der Waals surface area contributed by atoms with Crippen molar-refractivity contribution in [1.82, 2.24) is 5.32 Å². The SMILES string of the molecule is CC1CCCC(CC2(C)CC2)=C1NCC1CC=CS1. The van der Waals surface area contributed by atoms with Crippen LogP contribution in [-0.2, 0) is 0 Å². The van der Waals surface area contributed by atoms with Crippen LogP contribution >= 0.6 is 11.8 Å². The van der Waals surface area contributed by atoms with Crippen molar-refractivity contribution in [1.29, 1.82) is 0 Å². The molecular formula is C17H27NS. The molecule has 0 radical (unpaired) electrons. The third-order valence-electron chi connectivity index (χ3n) is 5.02. The predicted octanol–water partition coefficient (Wildman–Crippen LogP) is 4.86.